The summed E-state index contributed by atoms with van der Waals surface area (Å²) in [6, 6.07) is 4.11. The molecule has 3 rings (SSSR count). The maximum Gasteiger partial charge on any atom is 0.137 e. The molecule has 1 N–H and O–H groups in total. The van der Waals surface area contributed by atoms with E-state index in [1.807, 2.05) is 13.0 Å². The van der Waals surface area contributed by atoms with Gasteiger partial charge in [0.2, 0.25) is 0 Å². The monoisotopic (exact) mass is 245 g/mol. The van der Waals surface area contributed by atoms with Gasteiger partial charge >= 0.3 is 0 Å². The molecule has 0 amide bonds. The lowest BCUT2D eigenvalue weighted by Crippen LogP contribution is -2.60. The van der Waals surface area contributed by atoms with Crippen LogP contribution in [0.5, 0.6) is 0 Å². The summed E-state index contributed by atoms with van der Waals surface area (Å²) in [6.45, 7) is 6.46. The van der Waals surface area contributed by atoms with Gasteiger partial charge in [-0.15, -0.1) is 0 Å². The van der Waals surface area contributed by atoms with Gasteiger partial charge in [-0.25, -0.2) is 4.98 Å². The Hall–Kier alpha value is -1.39. The first-order valence-electron chi connectivity index (χ1n) is 6.47. The van der Waals surface area contributed by atoms with Crippen molar-refractivity contribution < 1.29 is 5.11 Å². The molecule has 0 bridgehead atoms. The van der Waals surface area contributed by atoms with Crippen LogP contribution in [-0.2, 0) is 6.54 Å². The van der Waals surface area contributed by atoms with Crippen molar-refractivity contribution in [1.29, 1.82) is 0 Å². The number of hydrogen-bond acceptors (Lipinski definition) is 3. The first kappa shape index (κ1) is 11.7. The normalized spacial score (nSPS) is 19.1. The highest BCUT2D eigenvalue weighted by molar-refractivity contribution is 5.41. The van der Waals surface area contributed by atoms with Crippen LogP contribution in [0.3, 0.4) is 0 Å². The molecule has 2 aromatic heterocycles. The maximum atomic E-state index is 9.98. The molecule has 0 unspecified atom stereocenters. The quantitative estimate of drug-likeness (QED) is 0.893. The second-order valence-electron chi connectivity index (χ2n) is 5.43. The van der Waals surface area contributed by atoms with Gasteiger partial charge < -0.3 is 9.51 Å². The predicted octanol–water partition coefficient (Wildman–Crippen LogP) is 1.60. The summed E-state index contributed by atoms with van der Waals surface area (Å²) < 4.78 is 2.07. The van der Waals surface area contributed by atoms with Gasteiger partial charge in [0.1, 0.15) is 5.65 Å². The summed E-state index contributed by atoms with van der Waals surface area (Å²) in [6.07, 6.45) is 4.99. The zero-order valence-corrected chi connectivity index (χ0v) is 10.9. The minimum atomic E-state index is -0.463. The van der Waals surface area contributed by atoms with Crippen molar-refractivity contribution in [3.8, 4) is 0 Å². The zero-order chi connectivity index (χ0) is 12.8. The number of likely N-dealkylation sites (tertiary alicyclic amines) is 1. The number of aromatic nitrogens is 2. The number of hydrogen-bond donors (Lipinski definition) is 1. The summed E-state index contributed by atoms with van der Waals surface area (Å²) in [7, 11) is 0. The molecular formula is C14H19N3O. The van der Waals surface area contributed by atoms with E-state index in [1.165, 1.54) is 5.56 Å². The van der Waals surface area contributed by atoms with E-state index in [2.05, 4.69) is 39.7 Å². The molecule has 1 saturated heterocycles. The standard InChI is InChI=1S/C14H19N3O/c1-3-14(18)9-16(10-14)7-12-8-17-6-11(2)4-5-13(17)15-12/h4-6,8,18H,3,7,9-10H2,1-2H3. The second kappa shape index (κ2) is 4.07. The molecule has 0 aliphatic carbocycles. The Morgan fingerprint density at radius 2 is 2.11 bits per heavy atom. The van der Waals surface area contributed by atoms with Crippen LogP contribution >= 0.6 is 0 Å². The van der Waals surface area contributed by atoms with Crippen molar-refractivity contribution in [2.45, 2.75) is 32.4 Å². The zero-order valence-electron chi connectivity index (χ0n) is 10.9. The van der Waals surface area contributed by atoms with Gasteiger partial charge in [-0.3, -0.25) is 4.90 Å². The Kier molecular flexibility index (Phi) is 2.64. The third-order valence-corrected chi connectivity index (χ3v) is 3.73. The number of imidazole rings is 1. The Labute approximate surface area is 107 Å². The van der Waals surface area contributed by atoms with Crippen LogP contribution < -0.4 is 0 Å². The molecular weight excluding hydrogens is 226 g/mol. The topological polar surface area (TPSA) is 40.8 Å². The number of aliphatic hydroxyl groups is 1. The van der Waals surface area contributed by atoms with E-state index in [0.717, 1.165) is 37.4 Å². The van der Waals surface area contributed by atoms with Crippen molar-refractivity contribution in [2.75, 3.05) is 13.1 Å². The van der Waals surface area contributed by atoms with E-state index in [9.17, 15) is 5.11 Å². The van der Waals surface area contributed by atoms with E-state index < -0.39 is 5.60 Å². The fourth-order valence-corrected chi connectivity index (χ4v) is 2.58. The first-order chi connectivity index (χ1) is 8.58. The van der Waals surface area contributed by atoms with E-state index in [0.29, 0.717) is 0 Å². The van der Waals surface area contributed by atoms with Gasteiger partial charge in [-0.05, 0) is 25.0 Å². The number of nitrogens with zero attached hydrogens (tertiary/aromatic N) is 3. The number of β-amino-alcohol motifs (C(OH)–C–C–N with tert-alkyl or cyclic N) is 1. The molecule has 18 heavy (non-hydrogen) atoms. The lowest BCUT2D eigenvalue weighted by molar-refractivity contribution is -0.103. The smallest absolute Gasteiger partial charge is 0.137 e. The summed E-state index contributed by atoms with van der Waals surface area (Å²) in [5.74, 6) is 0. The Morgan fingerprint density at radius 3 is 2.83 bits per heavy atom. The van der Waals surface area contributed by atoms with E-state index in [-0.39, 0.29) is 0 Å². The van der Waals surface area contributed by atoms with E-state index in [4.69, 9.17) is 0 Å². The maximum absolute atomic E-state index is 9.98. The molecule has 0 aromatic carbocycles. The van der Waals surface area contributed by atoms with Crippen LogP contribution in [0.4, 0.5) is 0 Å². The molecule has 3 heterocycles. The van der Waals surface area contributed by atoms with Crippen LogP contribution in [0.2, 0.25) is 0 Å². The highest BCUT2D eigenvalue weighted by atomic mass is 16.3. The molecule has 96 valence electrons. The molecule has 4 heteroatoms. The van der Waals surface area contributed by atoms with Gasteiger partial charge in [0.05, 0.1) is 11.3 Å². The van der Waals surface area contributed by atoms with Crippen molar-refractivity contribution >= 4 is 5.65 Å². The highest BCUT2D eigenvalue weighted by Gasteiger charge is 2.39. The number of aryl methyl sites for hydroxylation is 1. The first-order valence-corrected chi connectivity index (χ1v) is 6.47. The summed E-state index contributed by atoms with van der Waals surface area (Å²) >= 11 is 0. The van der Waals surface area contributed by atoms with Gasteiger partial charge in [0.25, 0.3) is 0 Å². The third-order valence-electron chi connectivity index (χ3n) is 3.73. The molecule has 0 spiro atoms. The van der Waals surface area contributed by atoms with Gasteiger partial charge in [-0.1, -0.05) is 13.0 Å². The van der Waals surface area contributed by atoms with Crippen molar-refractivity contribution in [1.82, 2.24) is 14.3 Å². The number of rotatable bonds is 3. The third kappa shape index (κ3) is 2.02. The Balaban J connectivity index is 1.73. The Morgan fingerprint density at radius 1 is 1.33 bits per heavy atom. The molecule has 0 saturated carbocycles. The van der Waals surface area contributed by atoms with Crippen molar-refractivity contribution in [3.05, 3.63) is 35.8 Å². The average Bonchev–Trinajstić information content (AvgIpc) is 2.68. The summed E-state index contributed by atoms with van der Waals surface area (Å²) in [4.78, 5) is 6.82. The van der Waals surface area contributed by atoms with Gasteiger partial charge in [0, 0.05) is 32.0 Å². The Bertz CT molecular complexity index is 569. The molecule has 1 fully saturated rings. The molecule has 1 aliphatic heterocycles. The van der Waals surface area contributed by atoms with Crippen LogP contribution in [0.1, 0.15) is 24.6 Å². The van der Waals surface area contributed by atoms with Crippen molar-refractivity contribution in [3.63, 3.8) is 0 Å². The van der Waals surface area contributed by atoms with Crippen LogP contribution in [-0.4, -0.2) is 38.1 Å². The van der Waals surface area contributed by atoms with E-state index in [1.54, 1.807) is 0 Å². The molecule has 0 radical (unpaired) electrons. The fourth-order valence-electron chi connectivity index (χ4n) is 2.58. The van der Waals surface area contributed by atoms with E-state index >= 15 is 0 Å². The average molecular weight is 245 g/mol. The SMILES string of the molecule is CCC1(O)CN(Cc2cn3cc(C)ccc3n2)C1. The lowest BCUT2D eigenvalue weighted by Gasteiger charge is -2.45. The number of pyridine rings is 1. The largest absolute Gasteiger partial charge is 0.387 e. The molecule has 0 atom stereocenters. The summed E-state index contributed by atoms with van der Waals surface area (Å²) in [5, 5.41) is 9.98. The van der Waals surface area contributed by atoms with Crippen molar-refractivity contribution in [2.24, 2.45) is 0 Å². The van der Waals surface area contributed by atoms with Gasteiger partial charge in [0.15, 0.2) is 0 Å². The molecule has 4 nitrogen and oxygen atoms in total. The van der Waals surface area contributed by atoms with Gasteiger partial charge in [-0.2, -0.15) is 0 Å². The number of fused-ring (bicyclic) bond motifs is 1. The van der Waals surface area contributed by atoms with Crippen LogP contribution in [0, 0.1) is 6.92 Å². The molecule has 2 aromatic rings. The fraction of sp³-hybridized carbons (Fsp3) is 0.500. The predicted molar refractivity (Wildman–Crippen MR) is 70.4 cm³/mol. The highest BCUT2D eigenvalue weighted by Crippen LogP contribution is 2.25. The summed E-state index contributed by atoms with van der Waals surface area (Å²) in [5.41, 5.74) is 2.83. The lowest BCUT2D eigenvalue weighted by atomic mass is 9.91. The minimum Gasteiger partial charge on any atom is -0.387 e. The minimum absolute atomic E-state index is 0.463. The van der Waals surface area contributed by atoms with Crippen LogP contribution in [0.15, 0.2) is 24.5 Å². The second-order valence-corrected chi connectivity index (χ2v) is 5.43. The molecule has 1 aliphatic rings. The van der Waals surface area contributed by atoms with Crippen LogP contribution in [0.25, 0.3) is 5.65 Å².